The highest BCUT2D eigenvalue weighted by atomic mass is 16.6. The van der Waals surface area contributed by atoms with Crippen LogP contribution in [0.4, 0.5) is 0 Å². The van der Waals surface area contributed by atoms with E-state index in [9.17, 15) is 0 Å². The van der Waals surface area contributed by atoms with E-state index in [0.717, 1.165) is 49.0 Å². The minimum atomic E-state index is 0.593. The molecule has 0 unspecified atom stereocenters. The molecule has 1 aromatic carbocycles. The van der Waals surface area contributed by atoms with E-state index in [2.05, 4.69) is 29.8 Å². The minimum Gasteiger partial charge on any atom is -0.486 e. The first-order valence-corrected chi connectivity index (χ1v) is 9.20. The van der Waals surface area contributed by atoms with Gasteiger partial charge in [-0.25, -0.2) is 4.98 Å². The first-order chi connectivity index (χ1) is 11.7. The maximum absolute atomic E-state index is 5.79. The second-order valence-corrected chi connectivity index (χ2v) is 7.41. The fourth-order valence-electron chi connectivity index (χ4n) is 3.76. The molecule has 3 heterocycles. The average Bonchev–Trinajstić information content (AvgIpc) is 2.89. The van der Waals surface area contributed by atoms with E-state index in [1.54, 1.807) is 0 Å². The quantitative estimate of drug-likeness (QED) is 0.937. The standard InChI is InChI=1S/C19H27N3O2/c1-13(2)9-19-21-15-10-17-18(24-8-7-23-17)11-16(15)22(19)12-14-3-5-20-6-4-14/h10-11,13-14,20H,3-9,12H2,1-2H3. The van der Waals surface area contributed by atoms with Crippen molar-refractivity contribution in [2.45, 2.75) is 39.7 Å². The van der Waals surface area contributed by atoms with Gasteiger partial charge in [-0.2, -0.15) is 0 Å². The van der Waals surface area contributed by atoms with E-state index >= 15 is 0 Å². The Balaban J connectivity index is 1.74. The van der Waals surface area contributed by atoms with Crippen molar-refractivity contribution in [1.29, 1.82) is 0 Å². The summed E-state index contributed by atoms with van der Waals surface area (Å²) < 4.78 is 14.0. The fourth-order valence-corrected chi connectivity index (χ4v) is 3.76. The van der Waals surface area contributed by atoms with Gasteiger partial charge in [-0.15, -0.1) is 0 Å². The molecule has 0 saturated carbocycles. The second-order valence-electron chi connectivity index (χ2n) is 7.41. The highest BCUT2D eigenvalue weighted by molar-refractivity contribution is 5.80. The van der Waals surface area contributed by atoms with E-state index in [1.165, 1.54) is 24.2 Å². The number of hydrogen-bond acceptors (Lipinski definition) is 4. The number of hydrogen-bond donors (Lipinski definition) is 1. The van der Waals surface area contributed by atoms with Crippen molar-refractivity contribution in [1.82, 2.24) is 14.9 Å². The van der Waals surface area contributed by atoms with Gasteiger partial charge in [-0.3, -0.25) is 0 Å². The number of fused-ring (bicyclic) bond motifs is 2. The molecule has 0 bridgehead atoms. The number of nitrogens with one attached hydrogen (secondary N) is 1. The van der Waals surface area contributed by atoms with Crippen molar-refractivity contribution < 1.29 is 9.47 Å². The molecule has 2 aliphatic heterocycles. The van der Waals surface area contributed by atoms with Crippen LogP contribution in [-0.2, 0) is 13.0 Å². The lowest BCUT2D eigenvalue weighted by Crippen LogP contribution is -2.30. The van der Waals surface area contributed by atoms with Crippen molar-refractivity contribution in [2.75, 3.05) is 26.3 Å². The Morgan fingerprint density at radius 1 is 1.17 bits per heavy atom. The molecule has 0 aliphatic carbocycles. The Morgan fingerprint density at radius 3 is 2.58 bits per heavy atom. The summed E-state index contributed by atoms with van der Waals surface area (Å²) in [6, 6.07) is 4.17. The number of aromatic nitrogens is 2. The Morgan fingerprint density at radius 2 is 1.88 bits per heavy atom. The summed E-state index contributed by atoms with van der Waals surface area (Å²) in [5.74, 6) is 4.20. The molecule has 1 aromatic heterocycles. The van der Waals surface area contributed by atoms with Gasteiger partial charge in [0, 0.05) is 25.1 Å². The maximum Gasteiger partial charge on any atom is 0.163 e. The molecule has 4 rings (SSSR count). The predicted molar refractivity (Wildman–Crippen MR) is 94.9 cm³/mol. The van der Waals surface area contributed by atoms with Crippen LogP contribution in [0.3, 0.4) is 0 Å². The van der Waals surface area contributed by atoms with Crippen molar-refractivity contribution >= 4 is 11.0 Å². The van der Waals surface area contributed by atoms with Gasteiger partial charge in [0.25, 0.3) is 0 Å². The first-order valence-electron chi connectivity index (χ1n) is 9.20. The van der Waals surface area contributed by atoms with Gasteiger partial charge in [0.1, 0.15) is 19.0 Å². The minimum absolute atomic E-state index is 0.593. The molecule has 24 heavy (non-hydrogen) atoms. The Hall–Kier alpha value is -1.75. The number of benzene rings is 1. The van der Waals surface area contributed by atoms with Gasteiger partial charge >= 0.3 is 0 Å². The van der Waals surface area contributed by atoms with Gasteiger partial charge in [0.05, 0.1) is 11.0 Å². The van der Waals surface area contributed by atoms with E-state index in [-0.39, 0.29) is 0 Å². The van der Waals surface area contributed by atoms with Crippen LogP contribution in [0.1, 0.15) is 32.5 Å². The summed E-state index contributed by atoms with van der Waals surface area (Å²) in [5.41, 5.74) is 2.22. The van der Waals surface area contributed by atoms with Crippen LogP contribution in [0.2, 0.25) is 0 Å². The number of ether oxygens (including phenoxy) is 2. The molecule has 5 heteroatoms. The monoisotopic (exact) mass is 329 g/mol. The third-order valence-corrected chi connectivity index (χ3v) is 4.98. The molecule has 0 radical (unpaired) electrons. The van der Waals surface area contributed by atoms with Gasteiger partial charge < -0.3 is 19.4 Å². The van der Waals surface area contributed by atoms with Crippen LogP contribution in [0.15, 0.2) is 12.1 Å². The van der Waals surface area contributed by atoms with Crippen molar-refractivity contribution in [3.05, 3.63) is 18.0 Å². The lowest BCUT2D eigenvalue weighted by Gasteiger charge is -2.24. The number of rotatable bonds is 4. The molecule has 1 N–H and O–H groups in total. The molecule has 2 aromatic rings. The van der Waals surface area contributed by atoms with Crippen molar-refractivity contribution in [3.63, 3.8) is 0 Å². The van der Waals surface area contributed by atoms with Gasteiger partial charge in [-0.05, 0) is 37.8 Å². The van der Waals surface area contributed by atoms with Gasteiger partial charge in [0.15, 0.2) is 11.5 Å². The summed E-state index contributed by atoms with van der Waals surface area (Å²) in [6.45, 7) is 9.07. The summed E-state index contributed by atoms with van der Waals surface area (Å²) >= 11 is 0. The second kappa shape index (κ2) is 6.63. The largest absolute Gasteiger partial charge is 0.486 e. The van der Waals surface area contributed by atoms with E-state index in [0.29, 0.717) is 19.1 Å². The Labute approximate surface area is 143 Å². The topological polar surface area (TPSA) is 48.3 Å². The third-order valence-electron chi connectivity index (χ3n) is 4.98. The van der Waals surface area contributed by atoms with Crippen LogP contribution < -0.4 is 14.8 Å². The van der Waals surface area contributed by atoms with E-state index in [1.807, 2.05) is 6.07 Å². The zero-order valence-corrected chi connectivity index (χ0v) is 14.7. The number of imidazole rings is 1. The van der Waals surface area contributed by atoms with Crippen LogP contribution in [0.5, 0.6) is 11.5 Å². The van der Waals surface area contributed by atoms with Crippen LogP contribution in [0, 0.1) is 11.8 Å². The lowest BCUT2D eigenvalue weighted by atomic mass is 9.98. The molecule has 1 saturated heterocycles. The highest BCUT2D eigenvalue weighted by Gasteiger charge is 2.21. The summed E-state index contributed by atoms with van der Waals surface area (Å²) in [5, 5.41) is 3.46. The molecular weight excluding hydrogens is 302 g/mol. The summed E-state index contributed by atoms with van der Waals surface area (Å²) in [6.07, 6.45) is 3.49. The van der Waals surface area contributed by atoms with E-state index < -0.39 is 0 Å². The molecule has 0 amide bonds. The number of nitrogens with zero attached hydrogens (tertiary/aromatic N) is 2. The third kappa shape index (κ3) is 3.09. The SMILES string of the molecule is CC(C)Cc1nc2cc3c(cc2n1CC1CCNCC1)OCCO3. The molecule has 130 valence electrons. The molecular formula is C19H27N3O2. The van der Waals surface area contributed by atoms with Gasteiger partial charge in [0.2, 0.25) is 0 Å². The zero-order chi connectivity index (χ0) is 16.5. The Kier molecular flexibility index (Phi) is 4.35. The number of piperidine rings is 1. The summed E-state index contributed by atoms with van der Waals surface area (Å²) in [4.78, 5) is 4.94. The van der Waals surface area contributed by atoms with Gasteiger partial charge in [-0.1, -0.05) is 13.8 Å². The van der Waals surface area contributed by atoms with E-state index in [4.69, 9.17) is 14.5 Å². The average molecular weight is 329 g/mol. The molecule has 2 aliphatic rings. The smallest absolute Gasteiger partial charge is 0.163 e. The molecule has 0 spiro atoms. The predicted octanol–water partition coefficient (Wildman–Crippen LogP) is 3.01. The van der Waals surface area contributed by atoms with Crippen molar-refractivity contribution in [2.24, 2.45) is 11.8 Å². The van der Waals surface area contributed by atoms with Crippen LogP contribution in [-0.4, -0.2) is 35.9 Å². The van der Waals surface area contributed by atoms with Crippen LogP contribution in [0.25, 0.3) is 11.0 Å². The Bertz CT molecular complexity index is 717. The zero-order valence-electron chi connectivity index (χ0n) is 14.7. The lowest BCUT2D eigenvalue weighted by molar-refractivity contribution is 0.172. The molecule has 5 nitrogen and oxygen atoms in total. The maximum atomic E-state index is 5.79. The molecule has 1 fully saturated rings. The highest BCUT2D eigenvalue weighted by Crippen LogP contribution is 2.35. The first kappa shape index (κ1) is 15.8. The van der Waals surface area contributed by atoms with Crippen LogP contribution >= 0.6 is 0 Å². The van der Waals surface area contributed by atoms with Crippen molar-refractivity contribution in [3.8, 4) is 11.5 Å². The normalized spacial score (nSPS) is 18.5. The summed E-state index contributed by atoms with van der Waals surface area (Å²) in [7, 11) is 0. The fraction of sp³-hybridized carbons (Fsp3) is 0.632. The molecule has 0 atom stereocenters.